The van der Waals surface area contributed by atoms with Crippen molar-refractivity contribution in [3.05, 3.63) is 35.4 Å². The number of hydrogen-bond donors (Lipinski definition) is 1. The first kappa shape index (κ1) is 21.7. The van der Waals surface area contributed by atoms with E-state index in [2.05, 4.69) is 40.4 Å². The van der Waals surface area contributed by atoms with Crippen LogP contribution in [0.1, 0.15) is 57.6 Å². The zero-order chi connectivity index (χ0) is 21.8. The summed E-state index contributed by atoms with van der Waals surface area (Å²) in [6, 6.07) is 8.79. The van der Waals surface area contributed by atoms with Gasteiger partial charge in [0.15, 0.2) is 6.61 Å². The van der Waals surface area contributed by atoms with E-state index in [0.717, 1.165) is 64.8 Å². The fraction of sp³-hybridized carbons (Fsp3) is 0.600. The molecule has 0 bridgehead atoms. The van der Waals surface area contributed by atoms with Gasteiger partial charge in [-0.1, -0.05) is 30.2 Å². The normalized spacial score (nSPS) is 23.2. The van der Waals surface area contributed by atoms with Gasteiger partial charge in [0.1, 0.15) is 0 Å². The quantitative estimate of drug-likeness (QED) is 0.752. The van der Waals surface area contributed by atoms with Crippen molar-refractivity contribution in [2.45, 2.75) is 50.5 Å². The molecule has 6 nitrogen and oxygen atoms in total. The zero-order valence-electron chi connectivity index (χ0n) is 18.4. The summed E-state index contributed by atoms with van der Waals surface area (Å²) in [5, 5.41) is 3.17. The standard InChI is InChI=1S/C25H33N3O3.H2/c1-3-16-31-24(30)28-12-8-20(9-13-28)18-27-14-10-25(11-15-27)17-23(26-19(2)29)21-6-4-5-7-22(21)25;/h1,4-7,20,23H,8-18H2,2H3,(H,26,29);1H/t23-;/m0./s1. The van der Waals surface area contributed by atoms with E-state index in [1.807, 2.05) is 0 Å². The molecule has 3 aliphatic rings. The summed E-state index contributed by atoms with van der Waals surface area (Å²) < 4.78 is 5.04. The number of benzene rings is 1. The zero-order valence-corrected chi connectivity index (χ0v) is 18.4. The third-order valence-corrected chi connectivity index (χ3v) is 7.36. The first-order chi connectivity index (χ1) is 15.0. The van der Waals surface area contributed by atoms with E-state index < -0.39 is 0 Å². The highest BCUT2D eigenvalue weighted by Crippen LogP contribution is 2.50. The van der Waals surface area contributed by atoms with Crippen molar-refractivity contribution in [1.29, 1.82) is 0 Å². The number of nitrogens with zero attached hydrogens (tertiary/aromatic N) is 2. The molecule has 1 aromatic rings. The number of fused-ring (bicyclic) bond motifs is 2. The maximum atomic E-state index is 12.0. The predicted octanol–water partition coefficient (Wildman–Crippen LogP) is 3.33. The Labute approximate surface area is 186 Å². The van der Waals surface area contributed by atoms with Gasteiger partial charge < -0.3 is 19.9 Å². The molecule has 1 aliphatic carbocycles. The number of likely N-dealkylation sites (tertiary alicyclic amines) is 2. The van der Waals surface area contributed by atoms with Gasteiger partial charge in [0.2, 0.25) is 5.91 Å². The number of rotatable bonds is 4. The number of carbonyl (C=O) groups excluding carboxylic acids is 2. The molecule has 0 unspecified atom stereocenters. The number of nitrogens with one attached hydrogen (secondary N) is 1. The van der Waals surface area contributed by atoms with Crippen LogP contribution in [-0.2, 0) is 14.9 Å². The van der Waals surface area contributed by atoms with E-state index in [9.17, 15) is 9.59 Å². The average molecular weight is 426 g/mol. The lowest BCUT2D eigenvalue weighted by Crippen LogP contribution is -2.46. The highest BCUT2D eigenvalue weighted by molar-refractivity contribution is 5.74. The van der Waals surface area contributed by atoms with E-state index in [1.165, 1.54) is 11.1 Å². The summed E-state index contributed by atoms with van der Waals surface area (Å²) in [6.45, 7) is 6.42. The Balaban J connectivity index is 0.00000289. The van der Waals surface area contributed by atoms with Crippen molar-refractivity contribution in [3.63, 3.8) is 0 Å². The lowest BCUT2D eigenvalue weighted by atomic mass is 9.73. The lowest BCUT2D eigenvalue weighted by molar-refractivity contribution is -0.119. The molecular formula is C25H35N3O3. The molecule has 1 N–H and O–H groups in total. The molecule has 168 valence electrons. The fourth-order valence-electron chi connectivity index (χ4n) is 5.76. The van der Waals surface area contributed by atoms with Gasteiger partial charge in [-0.25, -0.2) is 4.79 Å². The molecule has 2 amide bonds. The van der Waals surface area contributed by atoms with Gasteiger partial charge in [-0.05, 0) is 62.2 Å². The summed E-state index contributed by atoms with van der Waals surface area (Å²) in [4.78, 5) is 28.0. The monoisotopic (exact) mass is 425 g/mol. The summed E-state index contributed by atoms with van der Waals surface area (Å²) in [7, 11) is 0. The molecule has 0 aromatic heterocycles. The molecule has 31 heavy (non-hydrogen) atoms. The Morgan fingerprint density at radius 3 is 2.61 bits per heavy atom. The van der Waals surface area contributed by atoms with Crippen molar-refractivity contribution in [2.75, 3.05) is 39.3 Å². The molecule has 2 aliphatic heterocycles. The molecule has 1 atom stereocenters. The van der Waals surface area contributed by atoms with E-state index in [0.29, 0.717) is 5.92 Å². The average Bonchev–Trinajstić information content (AvgIpc) is 3.07. The number of terminal acetylenes is 1. The van der Waals surface area contributed by atoms with Crippen LogP contribution in [0.4, 0.5) is 4.79 Å². The van der Waals surface area contributed by atoms with Crippen molar-refractivity contribution >= 4 is 12.0 Å². The summed E-state index contributed by atoms with van der Waals surface area (Å²) >= 11 is 0. The van der Waals surface area contributed by atoms with E-state index >= 15 is 0 Å². The van der Waals surface area contributed by atoms with Gasteiger partial charge in [0.05, 0.1) is 6.04 Å². The van der Waals surface area contributed by atoms with Crippen molar-refractivity contribution in [2.24, 2.45) is 5.92 Å². The Morgan fingerprint density at radius 2 is 1.94 bits per heavy atom. The molecule has 2 heterocycles. The highest BCUT2D eigenvalue weighted by Gasteiger charge is 2.45. The third kappa shape index (κ3) is 4.72. The van der Waals surface area contributed by atoms with Gasteiger partial charge in [-0.15, -0.1) is 6.42 Å². The smallest absolute Gasteiger partial charge is 0.410 e. The van der Waals surface area contributed by atoms with Crippen LogP contribution in [0, 0.1) is 18.3 Å². The maximum absolute atomic E-state index is 12.0. The van der Waals surface area contributed by atoms with Crippen molar-refractivity contribution in [3.8, 4) is 12.3 Å². The van der Waals surface area contributed by atoms with Crippen LogP contribution in [0.15, 0.2) is 24.3 Å². The van der Waals surface area contributed by atoms with Crippen LogP contribution in [0.5, 0.6) is 0 Å². The Hall–Kier alpha value is -2.52. The van der Waals surface area contributed by atoms with Crippen LogP contribution in [-0.4, -0.2) is 61.1 Å². The van der Waals surface area contributed by atoms with Gasteiger partial charge in [-0.3, -0.25) is 4.79 Å². The van der Waals surface area contributed by atoms with Crippen molar-refractivity contribution < 1.29 is 15.8 Å². The highest BCUT2D eigenvalue weighted by atomic mass is 16.6. The van der Waals surface area contributed by atoms with Crippen LogP contribution in [0.3, 0.4) is 0 Å². The minimum atomic E-state index is -0.287. The Bertz CT molecular complexity index is 852. The van der Waals surface area contributed by atoms with Gasteiger partial charge >= 0.3 is 6.09 Å². The van der Waals surface area contributed by atoms with Crippen LogP contribution in [0.2, 0.25) is 0 Å². The van der Waals surface area contributed by atoms with Crippen molar-refractivity contribution in [1.82, 2.24) is 15.1 Å². The predicted molar refractivity (Wildman–Crippen MR) is 122 cm³/mol. The number of hydrogen-bond acceptors (Lipinski definition) is 4. The van der Waals surface area contributed by atoms with Gasteiger partial charge in [0.25, 0.3) is 0 Å². The largest absolute Gasteiger partial charge is 0.436 e. The van der Waals surface area contributed by atoms with E-state index in [4.69, 9.17) is 11.2 Å². The van der Waals surface area contributed by atoms with Crippen LogP contribution < -0.4 is 5.32 Å². The maximum Gasteiger partial charge on any atom is 0.410 e. The molecule has 1 aromatic carbocycles. The number of piperidine rings is 2. The molecular weight excluding hydrogens is 390 g/mol. The van der Waals surface area contributed by atoms with E-state index in [-0.39, 0.29) is 31.5 Å². The fourth-order valence-corrected chi connectivity index (χ4v) is 5.76. The number of carbonyl (C=O) groups is 2. The molecule has 0 saturated carbocycles. The molecule has 6 heteroatoms. The number of ether oxygens (including phenoxy) is 1. The second kappa shape index (κ2) is 9.32. The summed E-state index contributed by atoms with van der Waals surface area (Å²) in [5.74, 6) is 3.01. The summed E-state index contributed by atoms with van der Waals surface area (Å²) in [6.07, 6.45) is 10.2. The second-order valence-electron chi connectivity index (χ2n) is 9.31. The molecule has 0 radical (unpaired) electrons. The van der Waals surface area contributed by atoms with Gasteiger partial charge in [-0.2, -0.15) is 0 Å². The third-order valence-electron chi connectivity index (χ3n) is 7.36. The Morgan fingerprint density at radius 1 is 1.23 bits per heavy atom. The molecule has 2 fully saturated rings. The minimum absolute atomic E-state index is 0. The first-order valence-corrected chi connectivity index (χ1v) is 11.4. The minimum Gasteiger partial charge on any atom is -0.436 e. The van der Waals surface area contributed by atoms with Crippen LogP contribution in [0.25, 0.3) is 0 Å². The van der Waals surface area contributed by atoms with Crippen LogP contribution >= 0.6 is 0 Å². The SMILES string of the molecule is C#CCOC(=O)N1CCC(CN2CCC3(CC2)C[C@H](NC(C)=O)c2ccccc23)CC1.[HH]. The Kier molecular flexibility index (Phi) is 6.52. The summed E-state index contributed by atoms with van der Waals surface area (Å²) in [5.41, 5.74) is 2.92. The lowest BCUT2D eigenvalue weighted by Gasteiger charge is -2.42. The second-order valence-corrected chi connectivity index (χ2v) is 9.31. The first-order valence-electron chi connectivity index (χ1n) is 11.4. The molecule has 2 saturated heterocycles. The molecule has 1 spiro atoms. The topological polar surface area (TPSA) is 61.9 Å². The number of amides is 2. The molecule has 4 rings (SSSR count). The van der Waals surface area contributed by atoms with E-state index in [1.54, 1.807) is 11.8 Å². The van der Waals surface area contributed by atoms with Gasteiger partial charge in [0, 0.05) is 33.4 Å².